The molecule has 0 N–H and O–H groups in total. The smallest absolute Gasteiger partial charge is 0.0375 e. The van der Waals surface area contributed by atoms with E-state index in [-0.39, 0.29) is 0 Å². The highest BCUT2D eigenvalue weighted by molar-refractivity contribution is 5.20. The highest BCUT2D eigenvalue weighted by Gasteiger charge is 2.21. The zero-order valence-corrected chi connectivity index (χ0v) is 10.6. The first-order valence-corrected chi connectivity index (χ1v) is 6.33. The van der Waals surface area contributed by atoms with Gasteiger partial charge in [-0.25, -0.2) is 0 Å². The van der Waals surface area contributed by atoms with Crippen LogP contribution in [0.3, 0.4) is 0 Å². The normalized spacial score (nSPS) is 19.2. The summed E-state index contributed by atoms with van der Waals surface area (Å²) in [7, 11) is 0. The van der Waals surface area contributed by atoms with Crippen molar-refractivity contribution in [1.29, 1.82) is 0 Å². The maximum absolute atomic E-state index is 4.27. The fraction of sp³-hybridized carbons (Fsp3) is 0.643. The van der Waals surface area contributed by atoms with E-state index in [0.29, 0.717) is 6.04 Å². The number of piperidine rings is 1. The minimum atomic E-state index is 0.695. The second kappa shape index (κ2) is 4.96. The Kier molecular flexibility index (Phi) is 3.59. The third kappa shape index (κ3) is 2.62. The number of hydrogen-bond donors (Lipinski definition) is 0. The first kappa shape index (κ1) is 11.6. The third-order valence-corrected chi connectivity index (χ3v) is 3.65. The van der Waals surface area contributed by atoms with Gasteiger partial charge >= 0.3 is 0 Å². The monoisotopic (exact) mass is 218 g/mol. The minimum Gasteiger partial charge on any atom is -0.301 e. The first-order valence-electron chi connectivity index (χ1n) is 6.33. The van der Waals surface area contributed by atoms with E-state index in [0.717, 1.165) is 11.6 Å². The molecule has 2 heteroatoms. The molecule has 1 aromatic heterocycles. The van der Waals surface area contributed by atoms with Gasteiger partial charge in [0.25, 0.3) is 0 Å². The molecule has 0 amide bonds. The number of aryl methyl sites for hydroxylation is 1. The van der Waals surface area contributed by atoms with E-state index < -0.39 is 0 Å². The van der Waals surface area contributed by atoms with Gasteiger partial charge in [-0.15, -0.1) is 0 Å². The van der Waals surface area contributed by atoms with E-state index in [1.54, 1.807) is 0 Å². The van der Waals surface area contributed by atoms with Crippen LogP contribution in [-0.2, 0) is 0 Å². The molecule has 0 atom stereocenters. The van der Waals surface area contributed by atoms with E-state index in [1.165, 1.54) is 31.5 Å². The van der Waals surface area contributed by atoms with Crippen molar-refractivity contribution >= 4 is 0 Å². The Labute approximate surface area is 98.7 Å². The van der Waals surface area contributed by atoms with Gasteiger partial charge in [-0.1, -0.05) is 0 Å². The number of aromatic nitrogens is 1. The van der Waals surface area contributed by atoms with E-state index in [2.05, 4.69) is 42.8 Å². The van der Waals surface area contributed by atoms with Crippen LogP contribution in [0.5, 0.6) is 0 Å². The number of likely N-dealkylation sites (tertiary alicyclic amines) is 1. The number of rotatable bonds is 2. The second-order valence-corrected chi connectivity index (χ2v) is 5.13. The Hall–Kier alpha value is -0.890. The van der Waals surface area contributed by atoms with Gasteiger partial charge in [-0.05, 0) is 70.3 Å². The summed E-state index contributed by atoms with van der Waals surface area (Å²) in [4.78, 5) is 6.84. The van der Waals surface area contributed by atoms with Crippen molar-refractivity contribution in [2.75, 3.05) is 13.1 Å². The molecule has 1 fully saturated rings. The van der Waals surface area contributed by atoms with Crippen LogP contribution in [0.25, 0.3) is 0 Å². The van der Waals surface area contributed by atoms with Crippen LogP contribution in [0.15, 0.2) is 18.3 Å². The van der Waals surface area contributed by atoms with Gasteiger partial charge in [0.05, 0.1) is 0 Å². The van der Waals surface area contributed by atoms with E-state index in [1.807, 2.05) is 6.20 Å². The molecule has 88 valence electrons. The molecular weight excluding hydrogens is 196 g/mol. The SMILES string of the molecule is Cc1cc(C2CCN(C(C)C)CC2)ccn1. The van der Waals surface area contributed by atoms with Crippen LogP contribution < -0.4 is 0 Å². The summed E-state index contributed by atoms with van der Waals surface area (Å²) in [6.07, 6.45) is 4.53. The summed E-state index contributed by atoms with van der Waals surface area (Å²) in [6.45, 7) is 9.13. The Bertz CT molecular complexity index is 338. The summed E-state index contributed by atoms with van der Waals surface area (Å²) in [5, 5.41) is 0. The molecule has 0 aromatic carbocycles. The van der Waals surface area contributed by atoms with Crippen molar-refractivity contribution < 1.29 is 0 Å². The molecule has 0 bridgehead atoms. The van der Waals surface area contributed by atoms with Crippen molar-refractivity contribution in [1.82, 2.24) is 9.88 Å². The number of hydrogen-bond acceptors (Lipinski definition) is 2. The molecular formula is C14H22N2. The summed E-state index contributed by atoms with van der Waals surface area (Å²) in [5.41, 5.74) is 2.62. The molecule has 0 saturated carbocycles. The maximum Gasteiger partial charge on any atom is 0.0375 e. The summed E-state index contributed by atoms with van der Waals surface area (Å²) in [5.74, 6) is 0.747. The zero-order valence-electron chi connectivity index (χ0n) is 10.6. The lowest BCUT2D eigenvalue weighted by atomic mass is 9.89. The van der Waals surface area contributed by atoms with Crippen LogP contribution in [0.2, 0.25) is 0 Å². The van der Waals surface area contributed by atoms with E-state index in [9.17, 15) is 0 Å². The first-order chi connectivity index (χ1) is 7.66. The quantitative estimate of drug-likeness (QED) is 0.758. The molecule has 0 spiro atoms. The van der Waals surface area contributed by atoms with Gasteiger partial charge in [0.1, 0.15) is 0 Å². The topological polar surface area (TPSA) is 16.1 Å². The Morgan fingerprint density at radius 2 is 2.00 bits per heavy atom. The summed E-state index contributed by atoms with van der Waals surface area (Å²) >= 11 is 0. The molecule has 0 aliphatic carbocycles. The third-order valence-electron chi connectivity index (χ3n) is 3.65. The summed E-state index contributed by atoms with van der Waals surface area (Å²) < 4.78 is 0. The average molecular weight is 218 g/mol. The molecule has 2 heterocycles. The standard InChI is InChI=1S/C14H22N2/c1-11(2)16-8-5-13(6-9-16)14-4-7-15-12(3)10-14/h4,7,10-11,13H,5-6,8-9H2,1-3H3. The second-order valence-electron chi connectivity index (χ2n) is 5.13. The Morgan fingerprint density at radius 1 is 1.31 bits per heavy atom. The van der Waals surface area contributed by atoms with Gasteiger partial charge in [-0.3, -0.25) is 4.98 Å². The van der Waals surface area contributed by atoms with Crippen LogP contribution in [0, 0.1) is 6.92 Å². The van der Waals surface area contributed by atoms with Crippen molar-refractivity contribution in [3.63, 3.8) is 0 Å². The predicted octanol–water partition coefficient (Wildman–Crippen LogP) is 2.98. The van der Waals surface area contributed by atoms with Gasteiger partial charge < -0.3 is 4.90 Å². The van der Waals surface area contributed by atoms with Crippen molar-refractivity contribution in [3.8, 4) is 0 Å². The Morgan fingerprint density at radius 3 is 2.56 bits per heavy atom. The van der Waals surface area contributed by atoms with Gasteiger partial charge in [-0.2, -0.15) is 0 Å². The lowest BCUT2D eigenvalue weighted by Gasteiger charge is -2.34. The van der Waals surface area contributed by atoms with Crippen LogP contribution in [0.1, 0.15) is 43.9 Å². The van der Waals surface area contributed by atoms with Crippen molar-refractivity contribution in [3.05, 3.63) is 29.6 Å². The van der Waals surface area contributed by atoms with Crippen LogP contribution in [0.4, 0.5) is 0 Å². The molecule has 1 aromatic rings. The molecule has 0 radical (unpaired) electrons. The van der Waals surface area contributed by atoms with Gasteiger partial charge in [0.2, 0.25) is 0 Å². The highest BCUT2D eigenvalue weighted by atomic mass is 15.1. The molecule has 1 saturated heterocycles. The van der Waals surface area contributed by atoms with E-state index >= 15 is 0 Å². The van der Waals surface area contributed by atoms with Crippen molar-refractivity contribution in [2.45, 2.75) is 45.6 Å². The molecule has 0 unspecified atom stereocenters. The summed E-state index contributed by atoms with van der Waals surface area (Å²) in [6, 6.07) is 5.12. The molecule has 16 heavy (non-hydrogen) atoms. The Balaban J connectivity index is 1.99. The molecule has 1 aliphatic rings. The largest absolute Gasteiger partial charge is 0.301 e. The molecule has 2 rings (SSSR count). The number of pyridine rings is 1. The lowest BCUT2D eigenvalue weighted by Crippen LogP contribution is -2.37. The fourth-order valence-electron chi connectivity index (χ4n) is 2.57. The molecule has 1 aliphatic heterocycles. The minimum absolute atomic E-state index is 0.695. The fourth-order valence-corrected chi connectivity index (χ4v) is 2.57. The van der Waals surface area contributed by atoms with Crippen LogP contribution in [-0.4, -0.2) is 29.0 Å². The highest BCUT2D eigenvalue weighted by Crippen LogP contribution is 2.28. The van der Waals surface area contributed by atoms with E-state index in [4.69, 9.17) is 0 Å². The van der Waals surface area contributed by atoms with Gasteiger partial charge in [0.15, 0.2) is 0 Å². The van der Waals surface area contributed by atoms with Crippen LogP contribution >= 0.6 is 0 Å². The zero-order chi connectivity index (χ0) is 11.5. The van der Waals surface area contributed by atoms with Crippen molar-refractivity contribution in [2.24, 2.45) is 0 Å². The number of nitrogens with zero attached hydrogens (tertiary/aromatic N) is 2. The lowest BCUT2D eigenvalue weighted by molar-refractivity contribution is 0.172. The van der Waals surface area contributed by atoms with Gasteiger partial charge in [0, 0.05) is 17.9 Å². The maximum atomic E-state index is 4.27. The average Bonchev–Trinajstić information content (AvgIpc) is 2.29. The predicted molar refractivity (Wildman–Crippen MR) is 67.7 cm³/mol. The molecule has 2 nitrogen and oxygen atoms in total.